The van der Waals surface area contributed by atoms with Crippen molar-refractivity contribution in [3.8, 4) is 0 Å². The van der Waals surface area contributed by atoms with E-state index in [1.54, 1.807) is 42.1 Å². The van der Waals surface area contributed by atoms with Crippen LogP contribution in [0.2, 0.25) is 5.02 Å². The van der Waals surface area contributed by atoms with Gasteiger partial charge in [-0.05, 0) is 18.2 Å². The number of amides is 3. The summed E-state index contributed by atoms with van der Waals surface area (Å²) in [6, 6.07) is 4.82. The third-order valence-electron chi connectivity index (χ3n) is 3.46. The van der Waals surface area contributed by atoms with E-state index in [1.807, 2.05) is 0 Å². The first kappa shape index (κ1) is 15.4. The predicted octanol–water partition coefficient (Wildman–Crippen LogP) is 1.36. The molecule has 2 N–H and O–H groups in total. The van der Waals surface area contributed by atoms with E-state index in [1.165, 1.54) is 4.90 Å². The van der Waals surface area contributed by atoms with Crippen molar-refractivity contribution in [3.05, 3.63) is 28.8 Å². The van der Waals surface area contributed by atoms with Crippen LogP contribution in [0.15, 0.2) is 18.2 Å². The minimum atomic E-state index is -0.124. The fourth-order valence-electron chi connectivity index (χ4n) is 2.28. The molecule has 0 unspecified atom stereocenters. The molecule has 0 aliphatic carbocycles. The van der Waals surface area contributed by atoms with Crippen molar-refractivity contribution in [3.63, 3.8) is 0 Å². The maximum absolute atomic E-state index is 12.4. The molecular weight excluding hydrogens is 292 g/mol. The fraction of sp³-hybridized carbons (Fsp3) is 0.429. The van der Waals surface area contributed by atoms with Gasteiger partial charge in [0, 0.05) is 51.0 Å². The Morgan fingerprint density at radius 2 is 1.71 bits per heavy atom. The summed E-state index contributed by atoms with van der Waals surface area (Å²) in [6.07, 6.45) is 0. The molecule has 1 saturated heterocycles. The molecule has 1 aromatic rings. The fourth-order valence-corrected chi connectivity index (χ4v) is 2.46. The normalized spacial score (nSPS) is 15.0. The number of rotatable bonds is 1. The summed E-state index contributed by atoms with van der Waals surface area (Å²) in [7, 11) is 3.43. The number of urea groups is 1. The van der Waals surface area contributed by atoms with Crippen molar-refractivity contribution in [2.75, 3.05) is 46.0 Å². The first-order valence-corrected chi connectivity index (χ1v) is 7.08. The molecule has 7 heteroatoms. The minimum Gasteiger partial charge on any atom is -0.398 e. The van der Waals surface area contributed by atoms with Gasteiger partial charge in [0.1, 0.15) is 0 Å². The van der Waals surface area contributed by atoms with E-state index < -0.39 is 0 Å². The summed E-state index contributed by atoms with van der Waals surface area (Å²) < 4.78 is 0. The molecule has 0 aromatic heterocycles. The lowest BCUT2D eigenvalue weighted by molar-refractivity contribution is 0.0651. The molecule has 6 nitrogen and oxygen atoms in total. The van der Waals surface area contributed by atoms with Gasteiger partial charge in [0.2, 0.25) is 0 Å². The number of benzene rings is 1. The van der Waals surface area contributed by atoms with Crippen LogP contribution in [0.4, 0.5) is 10.5 Å². The predicted molar refractivity (Wildman–Crippen MR) is 82.4 cm³/mol. The monoisotopic (exact) mass is 310 g/mol. The second-order valence-electron chi connectivity index (χ2n) is 5.19. The number of nitrogens with zero attached hydrogens (tertiary/aromatic N) is 3. The van der Waals surface area contributed by atoms with Gasteiger partial charge in [0.25, 0.3) is 5.91 Å². The minimum absolute atomic E-state index is 0.0342. The Kier molecular flexibility index (Phi) is 4.57. The third kappa shape index (κ3) is 3.39. The molecule has 0 spiro atoms. The molecule has 1 aliphatic heterocycles. The van der Waals surface area contributed by atoms with Crippen LogP contribution in [0.5, 0.6) is 0 Å². The SMILES string of the molecule is CN(C)C(=O)N1CCN(C(=O)c2ccc(Cl)cc2N)CC1. The molecule has 3 amide bonds. The molecule has 0 saturated carbocycles. The quantitative estimate of drug-likeness (QED) is 0.796. The number of anilines is 1. The van der Waals surface area contributed by atoms with Gasteiger partial charge in [-0.15, -0.1) is 0 Å². The summed E-state index contributed by atoms with van der Waals surface area (Å²) in [6.45, 7) is 2.05. The molecule has 1 aromatic carbocycles. The maximum Gasteiger partial charge on any atom is 0.319 e. The highest BCUT2D eigenvalue weighted by molar-refractivity contribution is 6.31. The van der Waals surface area contributed by atoms with Crippen LogP contribution < -0.4 is 5.73 Å². The number of piperazine rings is 1. The number of nitrogen functional groups attached to an aromatic ring is 1. The van der Waals surface area contributed by atoms with Gasteiger partial charge in [-0.25, -0.2) is 4.79 Å². The van der Waals surface area contributed by atoms with Gasteiger partial charge >= 0.3 is 6.03 Å². The molecule has 21 heavy (non-hydrogen) atoms. The van der Waals surface area contributed by atoms with Gasteiger partial charge in [-0.2, -0.15) is 0 Å². The van der Waals surface area contributed by atoms with Crippen molar-refractivity contribution in [2.45, 2.75) is 0 Å². The molecule has 1 heterocycles. The van der Waals surface area contributed by atoms with Crippen molar-refractivity contribution in [2.24, 2.45) is 0 Å². The Bertz CT molecular complexity index is 554. The molecule has 2 rings (SSSR count). The van der Waals surface area contributed by atoms with Gasteiger partial charge in [0.15, 0.2) is 0 Å². The highest BCUT2D eigenvalue weighted by Gasteiger charge is 2.26. The standard InChI is InChI=1S/C14H19ClN4O2/c1-17(2)14(21)19-7-5-18(6-8-19)13(20)11-4-3-10(15)9-12(11)16/h3-4,9H,5-8,16H2,1-2H3. The Labute approximate surface area is 129 Å². The summed E-state index contributed by atoms with van der Waals surface area (Å²) in [4.78, 5) is 29.3. The van der Waals surface area contributed by atoms with E-state index in [2.05, 4.69) is 0 Å². The number of carbonyl (C=O) groups excluding carboxylic acids is 2. The zero-order valence-corrected chi connectivity index (χ0v) is 12.9. The topological polar surface area (TPSA) is 69.9 Å². The number of halogens is 1. The van der Waals surface area contributed by atoms with Crippen LogP contribution >= 0.6 is 11.6 Å². The maximum atomic E-state index is 12.4. The summed E-state index contributed by atoms with van der Waals surface area (Å²) in [5, 5.41) is 0.505. The summed E-state index contributed by atoms with van der Waals surface area (Å²) in [5.74, 6) is -0.124. The second kappa shape index (κ2) is 6.22. The van der Waals surface area contributed by atoms with Gasteiger partial charge < -0.3 is 20.4 Å². The molecular formula is C14H19ClN4O2. The van der Waals surface area contributed by atoms with Crippen LogP contribution in [-0.2, 0) is 0 Å². The number of nitrogens with two attached hydrogens (primary N) is 1. The molecule has 114 valence electrons. The zero-order chi connectivity index (χ0) is 15.6. The van der Waals surface area contributed by atoms with Crippen molar-refractivity contribution >= 4 is 29.2 Å². The second-order valence-corrected chi connectivity index (χ2v) is 5.62. The summed E-state index contributed by atoms with van der Waals surface area (Å²) >= 11 is 5.84. The lowest BCUT2D eigenvalue weighted by atomic mass is 10.1. The van der Waals surface area contributed by atoms with E-state index in [4.69, 9.17) is 17.3 Å². The molecule has 0 radical (unpaired) electrons. The van der Waals surface area contributed by atoms with Gasteiger partial charge in [-0.3, -0.25) is 4.79 Å². The lowest BCUT2D eigenvalue weighted by Gasteiger charge is -2.36. The van der Waals surface area contributed by atoms with E-state index in [0.29, 0.717) is 42.5 Å². The third-order valence-corrected chi connectivity index (χ3v) is 3.70. The molecule has 1 aliphatic rings. The van der Waals surface area contributed by atoms with E-state index in [0.717, 1.165) is 0 Å². The lowest BCUT2D eigenvalue weighted by Crippen LogP contribution is -2.52. The first-order chi connectivity index (χ1) is 9.90. The van der Waals surface area contributed by atoms with E-state index >= 15 is 0 Å². The zero-order valence-electron chi connectivity index (χ0n) is 12.2. The molecule has 0 bridgehead atoms. The van der Waals surface area contributed by atoms with Crippen LogP contribution in [0.3, 0.4) is 0 Å². The highest BCUT2D eigenvalue weighted by Crippen LogP contribution is 2.20. The van der Waals surface area contributed by atoms with Crippen LogP contribution in [0, 0.1) is 0 Å². The average Bonchev–Trinajstić information content (AvgIpc) is 2.46. The van der Waals surface area contributed by atoms with E-state index in [9.17, 15) is 9.59 Å². The number of carbonyl (C=O) groups is 2. The largest absolute Gasteiger partial charge is 0.398 e. The Hall–Kier alpha value is -1.95. The van der Waals surface area contributed by atoms with Crippen molar-refractivity contribution < 1.29 is 9.59 Å². The van der Waals surface area contributed by atoms with Crippen LogP contribution in [-0.4, -0.2) is 66.9 Å². The first-order valence-electron chi connectivity index (χ1n) is 6.70. The average molecular weight is 311 g/mol. The smallest absolute Gasteiger partial charge is 0.319 e. The molecule has 0 atom stereocenters. The number of hydrogen-bond acceptors (Lipinski definition) is 3. The van der Waals surface area contributed by atoms with E-state index in [-0.39, 0.29) is 11.9 Å². The Morgan fingerprint density at radius 1 is 1.14 bits per heavy atom. The van der Waals surface area contributed by atoms with Crippen molar-refractivity contribution in [1.29, 1.82) is 0 Å². The van der Waals surface area contributed by atoms with Crippen molar-refractivity contribution in [1.82, 2.24) is 14.7 Å². The van der Waals surface area contributed by atoms with Gasteiger partial charge in [0.05, 0.1) is 5.56 Å². The Morgan fingerprint density at radius 3 is 2.24 bits per heavy atom. The van der Waals surface area contributed by atoms with Gasteiger partial charge in [-0.1, -0.05) is 11.6 Å². The summed E-state index contributed by atoms with van der Waals surface area (Å²) in [5.41, 5.74) is 6.67. The Balaban J connectivity index is 2.02. The van der Waals surface area contributed by atoms with Crippen LogP contribution in [0.1, 0.15) is 10.4 Å². The molecule has 1 fully saturated rings. The number of hydrogen-bond donors (Lipinski definition) is 1. The highest BCUT2D eigenvalue weighted by atomic mass is 35.5. The van der Waals surface area contributed by atoms with Crippen LogP contribution in [0.25, 0.3) is 0 Å².